The molecule has 1 aliphatic rings. The first-order valence-electron chi connectivity index (χ1n) is 7.49. The Morgan fingerprint density at radius 3 is 2.78 bits per heavy atom. The number of aromatic nitrogens is 3. The number of nitrogens with one attached hydrogen (secondary N) is 2. The van der Waals surface area contributed by atoms with Crippen LogP contribution in [-0.2, 0) is 13.1 Å². The second kappa shape index (κ2) is 6.47. The molecule has 23 heavy (non-hydrogen) atoms. The van der Waals surface area contributed by atoms with Crippen LogP contribution in [-0.4, -0.2) is 39.8 Å². The molecule has 3 amide bonds. The Labute approximate surface area is 133 Å². The van der Waals surface area contributed by atoms with E-state index in [0.717, 1.165) is 12.2 Å². The highest BCUT2D eigenvalue weighted by atomic mass is 16.2. The lowest BCUT2D eigenvalue weighted by Gasteiger charge is -2.14. The van der Waals surface area contributed by atoms with E-state index in [-0.39, 0.29) is 11.9 Å². The fourth-order valence-electron chi connectivity index (χ4n) is 2.45. The first-order valence-corrected chi connectivity index (χ1v) is 7.49. The summed E-state index contributed by atoms with van der Waals surface area (Å²) in [5, 5.41) is 13.4. The Hall–Kier alpha value is -2.90. The molecule has 1 aromatic heterocycles. The van der Waals surface area contributed by atoms with Gasteiger partial charge in [0.05, 0.1) is 6.54 Å². The summed E-state index contributed by atoms with van der Waals surface area (Å²) in [4.78, 5) is 25.4. The van der Waals surface area contributed by atoms with Crippen molar-refractivity contribution in [2.75, 3.05) is 18.0 Å². The number of rotatable bonds is 5. The Bertz CT molecular complexity index is 709. The van der Waals surface area contributed by atoms with E-state index in [1.807, 2.05) is 11.5 Å². The minimum absolute atomic E-state index is 0.110. The number of benzene rings is 1. The third kappa shape index (κ3) is 3.15. The lowest BCUT2D eigenvalue weighted by Crippen LogP contribution is -2.28. The zero-order chi connectivity index (χ0) is 16.2. The number of hydrogen-bond acceptors (Lipinski definition) is 4. The van der Waals surface area contributed by atoms with Crippen LogP contribution in [0.4, 0.5) is 10.5 Å². The van der Waals surface area contributed by atoms with E-state index >= 15 is 0 Å². The molecule has 1 aromatic carbocycles. The summed E-state index contributed by atoms with van der Waals surface area (Å²) >= 11 is 0. The summed E-state index contributed by atoms with van der Waals surface area (Å²) in [6.45, 7) is 4.34. The largest absolute Gasteiger partial charge is 0.345 e. The van der Waals surface area contributed by atoms with Gasteiger partial charge < -0.3 is 15.2 Å². The average molecular weight is 314 g/mol. The van der Waals surface area contributed by atoms with Crippen LogP contribution in [0.2, 0.25) is 0 Å². The van der Waals surface area contributed by atoms with E-state index in [1.54, 1.807) is 35.5 Å². The average Bonchev–Trinajstić information content (AvgIpc) is 3.21. The van der Waals surface area contributed by atoms with Gasteiger partial charge in [-0.2, -0.15) is 0 Å². The van der Waals surface area contributed by atoms with Gasteiger partial charge >= 0.3 is 6.03 Å². The topological polar surface area (TPSA) is 92.2 Å². The van der Waals surface area contributed by atoms with Crippen molar-refractivity contribution in [3.05, 3.63) is 42.0 Å². The minimum atomic E-state index is -0.187. The van der Waals surface area contributed by atoms with Gasteiger partial charge in [-0.3, -0.25) is 9.69 Å². The lowest BCUT2D eigenvalue weighted by atomic mass is 10.2. The molecule has 3 rings (SSSR count). The normalized spacial score (nSPS) is 14.0. The standard InChI is InChI=1S/C15H18N6O2/c1-2-20-10-18-19-13(20)9-17-14(22)11-3-5-12(6-4-11)21-8-7-16-15(21)23/h3-6,10H,2,7-9H2,1H3,(H,16,23)(H,17,22). The first-order chi connectivity index (χ1) is 11.2. The van der Waals surface area contributed by atoms with Gasteiger partial charge in [0.1, 0.15) is 6.33 Å². The van der Waals surface area contributed by atoms with E-state index in [9.17, 15) is 9.59 Å². The molecule has 0 spiro atoms. The molecule has 8 nitrogen and oxygen atoms in total. The molecule has 0 bridgehead atoms. The number of carbonyl (C=O) groups excluding carboxylic acids is 2. The summed E-state index contributed by atoms with van der Waals surface area (Å²) in [6, 6.07) is 6.85. The highest BCUT2D eigenvalue weighted by Gasteiger charge is 2.21. The molecule has 0 unspecified atom stereocenters. The van der Waals surface area contributed by atoms with Crippen LogP contribution in [0, 0.1) is 0 Å². The van der Waals surface area contributed by atoms with Gasteiger partial charge in [-0.25, -0.2) is 4.79 Å². The number of aryl methyl sites for hydroxylation is 1. The maximum Gasteiger partial charge on any atom is 0.321 e. The Kier molecular flexibility index (Phi) is 4.22. The molecule has 2 heterocycles. The number of hydrogen-bond donors (Lipinski definition) is 2. The van der Waals surface area contributed by atoms with Crippen molar-refractivity contribution in [1.82, 2.24) is 25.4 Å². The smallest absolute Gasteiger partial charge is 0.321 e. The van der Waals surface area contributed by atoms with E-state index < -0.39 is 0 Å². The summed E-state index contributed by atoms with van der Waals surface area (Å²) in [5.41, 5.74) is 1.32. The highest BCUT2D eigenvalue weighted by Crippen LogP contribution is 2.17. The second-order valence-electron chi connectivity index (χ2n) is 5.15. The quantitative estimate of drug-likeness (QED) is 0.852. The zero-order valence-electron chi connectivity index (χ0n) is 12.8. The van der Waals surface area contributed by atoms with Crippen LogP contribution in [0.1, 0.15) is 23.1 Å². The third-order valence-electron chi connectivity index (χ3n) is 3.74. The maximum absolute atomic E-state index is 12.2. The van der Waals surface area contributed by atoms with E-state index in [1.165, 1.54) is 0 Å². The van der Waals surface area contributed by atoms with Gasteiger partial charge in [-0.05, 0) is 31.2 Å². The van der Waals surface area contributed by atoms with Crippen molar-refractivity contribution in [2.45, 2.75) is 20.0 Å². The van der Waals surface area contributed by atoms with Crippen LogP contribution < -0.4 is 15.5 Å². The van der Waals surface area contributed by atoms with Crippen molar-refractivity contribution in [3.63, 3.8) is 0 Å². The molecule has 0 saturated carbocycles. The van der Waals surface area contributed by atoms with Crippen molar-refractivity contribution >= 4 is 17.6 Å². The van der Waals surface area contributed by atoms with Crippen LogP contribution in [0.5, 0.6) is 0 Å². The summed E-state index contributed by atoms with van der Waals surface area (Å²) in [7, 11) is 0. The Morgan fingerprint density at radius 1 is 1.35 bits per heavy atom. The van der Waals surface area contributed by atoms with Crippen LogP contribution in [0.3, 0.4) is 0 Å². The third-order valence-corrected chi connectivity index (χ3v) is 3.74. The molecule has 0 aliphatic carbocycles. The van der Waals surface area contributed by atoms with E-state index in [0.29, 0.717) is 31.0 Å². The van der Waals surface area contributed by atoms with Gasteiger partial charge in [0.15, 0.2) is 5.82 Å². The van der Waals surface area contributed by atoms with Crippen molar-refractivity contribution in [1.29, 1.82) is 0 Å². The van der Waals surface area contributed by atoms with Gasteiger partial charge in [0.2, 0.25) is 0 Å². The first kappa shape index (κ1) is 15.0. The predicted octanol–water partition coefficient (Wildman–Crippen LogP) is 0.758. The van der Waals surface area contributed by atoms with Gasteiger partial charge in [0, 0.05) is 30.9 Å². The van der Waals surface area contributed by atoms with Gasteiger partial charge in [0.25, 0.3) is 5.91 Å². The molecular weight excluding hydrogens is 296 g/mol. The molecule has 8 heteroatoms. The lowest BCUT2D eigenvalue weighted by molar-refractivity contribution is 0.0949. The molecule has 120 valence electrons. The van der Waals surface area contributed by atoms with Crippen molar-refractivity contribution < 1.29 is 9.59 Å². The Balaban J connectivity index is 1.62. The maximum atomic E-state index is 12.2. The fraction of sp³-hybridized carbons (Fsp3) is 0.333. The zero-order valence-corrected chi connectivity index (χ0v) is 12.8. The molecule has 0 atom stereocenters. The van der Waals surface area contributed by atoms with Crippen molar-refractivity contribution in [2.24, 2.45) is 0 Å². The molecule has 1 aliphatic heterocycles. The minimum Gasteiger partial charge on any atom is -0.345 e. The number of anilines is 1. The Morgan fingerprint density at radius 2 is 2.13 bits per heavy atom. The van der Waals surface area contributed by atoms with Gasteiger partial charge in [-0.15, -0.1) is 10.2 Å². The van der Waals surface area contributed by atoms with Crippen molar-refractivity contribution in [3.8, 4) is 0 Å². The second-order valence-corrected chi connectivity index (χ2v) is 5.15. The van der Waals surface area contributed by atoms with Crippen LogP contribution in [0.25, 0.3) is 0 Å². The van der Waals surface area contributed by atoms with Crippen LogP contribution in [0.15, 0.2) is 30.6 Å². The molecule has 2 N–H and O–H groups in total. The summed E-state index contributed by atoms with van der Waals surface area (Å²) in [6.07, 6.45) is 1.64. The summed E-state index contributed by atoms with van der Waals surface area (Å²) < 4.78 is 1.87. The summed E-state index contributed by atoms with van der Waals surface area (Å²) in [5.74, 6) is 0.527. The van der Waals surface area contributed by atoms with Gasteiger partial charge in [-0.1, -0.05) is 0 Å². The molecule has 0 radical (unpaired) electrons. The number of carbonyl (C=O) groups is 2. The number of amides is 3. The molecular formula is C15H18N6O2. The highest BCUT2D eigenvalue weighted by molar-refractivity contribution is 5.96. The SMILES string of the molecule is CCn1cnnc1CNC(=O)c1ccc(N2CCNC2=O)cc1. The molecule has 1 saturated heterocycles. The van der Waals surface area contributed by atoms with E-state index in [2.05, 4.69) is 20.8 Å². The monoisotopic (exact) mass is 314 g/mol. The molecule has 2 aromatic rings. The number of nitrogens with zero attached hydrogens (tertiary/aromatic N) is 4. The molecule has 1 fully saturated rings. The predicted molar refractivity (Wildman–Crippen MR) is 84.1 cm³/mol. The van der Waals surface area contributed by atoms with E-state index in [4.69, 9.17) is 0 Å². The van der Waals surface area contributed by atoms with Crippen LogP contribution >= 0.6 is 0 Å². The fourth-order valence-corrected chi connectivity index (χ4v) is 2.45. The number of urea groups is 1.